The van der Waals surface area contributed by atoms with Gasteiger partial charge in [-0.25, -0.2) is 4.98 Å². The number of aromatic nitrogens is 2. The second kappa shape index (κ2) is 7.71. The van der Waals surface area contributed by atoms with Crippen LogP contribution in [0.4, 0.5) is 0 Å². The summed E-state index contributed by atoms with van der Waals surface area (Å²) >= 11 is 0. The van der Waals surface area contributed by atoms with Gasteiger partial charge in [0, 0.05) is 37.4 Å². The molecule has 4 heterocycles. The minimum atomic E-state index is -0.162. The van der Waals surface area contributed by atoms with Gasteiger partial charge in [-0.15, -0.1) is 0 Å². The van der Waals surface area contributed by atoms with Crippen LogP contribution < -0.4 is 0 Å². The van der Waals surface area contributed by atoms with E-state index in [1.807, 2.05) is 37.3 Å². The molecule has 0 radical (unpaired) electrons. The molecule has 3 aromatic heterocycles. The number of amides is 2. The zero-order chi connectivity index (χ0) is 21.4. The van der Waals surface area contributed by atoms with Crippen molar-refractivity contribution in [3.8, 4) is 11.3 Å². The number of carbonyl (C=O) groups excluding carboxylic acids is 2. The number of hydrogen-bond acceptors (Lipinski definition) is 6. The number of aryl methyl sites for hydroxylation is 1. The van der Waals surface area contributed by atoms with Crippen molar-refractivity contribution in [2.24, 2.45) is 0 Å². The van der Waals surface area contributed by atoms with Crippen LogP contribution in [-0.2, 0) is 0 Å². The van der Waals surface area contributed by atoms with Crippen LogP contribution in [0.5, 0.6) is 0 Å². The maximum absolute atomic E-state index is 13.5. The summed E-state index contributed by atoms with van der Waals surface area (Å²) in [6.07, 6.45) is 1.48. The summed E-state index contributed by atoms with van der Waals surface area (Å²) in [6, 6.07) is 14.7. The van der Waals surface area contributed by atoms with Gasteiger partial charge in [0.2, 0.25) is 0 Å². The molecule has 2 amide bonds. The lowest BCUT2D eigenvalue weighted by molar-refractivity contribution is 0.0519. The van der Waals surface area contributed by atoms with E-state index >= 15 is 0 Å². The lowest BCUT2D eigenvalue weighted by Gasteiger charge is -2.34. The largest absolute Gasteiger partial charge is 0.459 e. The van der Waals surface area contributed by atoms with Crippen LogP contribution in [0, 0.1) is 6.92 Å². The third kappa shape index (κ3) is 3.46. The lowest BCUT2D eigenvalue weighted by Crippen LogP contribution is -2.50. The summed E-state index contributed by atoms with van der Waals surface area (Å²) in [5.41, 5.74) is 2.98. The van der Waals surface area contributed by atoms with Crippen molar-refractivity contribution < 1.29 is 18.5 Å². The summed E-state index contributed by atoms with van der Waals surface area (Å²) in [7, 11) is 0. The first-order valence-electron chi connectivity index (χ1n) is 10.1. The van der Waals surface area contributed by atoms with E-state index in [4.69, 9.17) is 8.94 Å². The van der Waals surface area contributed by atoms with Crippen LogP contribution in [0.3, 0.4) is 0 Å². The number of furan rings is 1. The molecule has 1 aliphatic heterocycles. The van der Waals surface area contributed by atoms with Crippen LogP contribution in [0.25, 0.3) is 22.4 Å². The summed E-state index contributed by atoms with van der Waals surface area (Å²) in [5, 5.41) is 4.79. The molecule has 0 aliphatic carbocycles. The summed E-state index contributed by atoms with van der Waals surface area (Å²) in [5.74, 6) is 0.0221. The second-order valence-corrected chi connectivity index (χ2v) is 7.45. The smallest absolute Gasteiger partial charge is 0.289 e. The predicted molar refractivity (Wildman–Crippen MR) is 112 cm³/mol. The number of rotatable bonds is 3. The molecule has 1 aromatic carbocycles. The monoisotopic (exact) mass is 416 g/mol. The normalized spacial score (nSPS) is 14.2. The summed E-state index contributed by atoms with van der Waals surface area (Å²) < 4.78 is 10.7. The summed E-state index contributed by atoms with van der Waals surface area (Å²) in [4.78, 5) is 33.8. The molecule has 0 unspecified atom stereocenters. The Balaban J connectivity index is 1.43. The first-order valence-corrected chi connectivity index (χ1v) is 10.1. The van der Waals surface area contributed by atoms with Gasteiger partial charge in [-0.3, -0.25) is 9.59 Å². The Morgan fingerprint density at radius 1 is 0.935 bits per heavy atom. The van der Waals surface area contributed by atoms with Gasteiger partial charge in [-0.2, -0.15) is 0 Å². The molecule has 1 saturated heterocycles. The Hall–Kier alpha value is -3.94. The quantitative estimate of drug-likeness (QED) is 0.508. The number of nitrogens with zero attached hydrogens (tertiary/aromatic N) is 4. The maximum Gasteiger partial charge on any atom is 0.289 e. The number of carbonyl (C=O) groups is 2. The molecule has 4 aromatic rings. The van der Waals surface area contributed by atoms with Crippen molar-refractivity contribution in [2.45, 2.75) is 6.92 Å². The van der Waals surface area contributed by atoms with Crippen molar-refractivity contribution in [2.75, 3.05) is 26.2 Å². The fourth-order valence-corrected chi connectivity index (χ4v) is 3.87. The van der Waals surface area contributed by atoms with Crippen LogP contribution >= 0.6 is 0 Å². The molecule has 156 valence electrons. The highest BCUT2D eigenvalue weighted by molar-refractivity contribution is 6.09. The van der Waals surface area contributed by atoms with Gasteiger partial charge in [0.1, 0.15) is 5.69 Å². The highest BCUT2D eigenvalue weighted by atomic mass is 16.5. The van der Waals surface area contributed by atoms with Gasteiger partial charge < -0.3 is 18.7 Å². The third-order valence-corrected chi connectivity index (χ3v) is 5.44. The molecule has 0 bridgehead atoms. The van der Waals surface area contributed by atoms with E-state index < -0.39 is 0 Å². The van der Waals surface area contributed by atoms with Crippen LogP contribution in [-0.4, -0.2) is 57.9 Å². The molecular weight excluding hydrogens is 396 g/mol. The van der Waals surface area contributed by atoms with Gasteiger partial charge in [-0.1, -0.05) is 35.5 Å². The molecule has 1 fully saturated rings. The van der Waals surface area contributed by atoms with Crippen LogP contribution in [0.15, 0.2) is 63.7 Å². The Labute approximate surface area is 178 Å². The van der Waals surface area contributed by atoms with Gasteiger partial charge in [0.25, 0.3) is 17.5 Å². The van der Waals surface area contributed by atoms with Gasteiger partial charge in [0.05, 0.1) is 17.2 Å². The number of piperazine rings is 1. The minimum Gasteiger partial charge on any atom is -0.459 e. The first kappa shape index (κ1) is 19.0. The van der Waals surface area contributed by atoms with Crippen molar-refractivity contribution >= 4 is 22.9 Å². The van der Waals surface area contributed by atoms with E-state index in [0.29, 0.717) is 60.0 Å². The fraction of sp³-hybridized carbons (Fsp3) is 0.217. The second-order valence-electron chi connectivity index (χ2n) is 7.45. The van der Waals surface area contributed by atoms with Crippen molar-refractivity contribution in [3.05, 3.63) is 71.8 Å². The van der Waals surface area contributed by atoms with Gasteiger partial charge in [-0.05, 0) is 25.1 Å². The molecule has 0 saturated carbocycles. The maximum atomic E-state index is 13.5. The Kier molecular flexibility index (Phi) is 4.74. The average Bonchev–Trinajstić information content (AvgIpc) is 3.48. The molecular formula is C23H20N4O4. The molecule has 0 N–H and O–H groups in total. The molecule has 0 atom stereocenters. The zero-order valence-corrected chi connectivity index (χ0v) is 16.9. The van der Waals surface area contributed by atoms with E-state index in [1.54, 1.807) is 28.0 Å². The molecule has 0 spiro atoms. The Morgan fingerprint density at radius 3 is 2.32 bits per heavy atom. The fourth-order valence-electron chi connectivity index (χ4n) is 3.87. The molecule has 8 heteroatoms. The standard InChI is InChI=1S/C23H20N4O4/c1-15-14-17(19-20(25-31-21(19)24-15)16-6-3-2-4-7-16)22(28)26-9-11-27(12-10-26)23(29)18-8-5-13-30-18/h2-8,13-14H,9-12H2,1H3. The topological polar surface area (TPSA) is 92.7 Å². The van der Waals surface area contributed by atoms with Gasteiger partial charge in [0.15, 0.2) is 5.76 Å². The average molecular weight is 416 g/mol. The lowest BCUT2D eigenvalue weighted by atomic mass is 10.0. The Bertz CT molecular complexity index is 1240. The molecule has 5 rings (SSSR count). The third-order valence-electron chi connectivity index (χ3n) is 5.44. The number of hydrogen-bond donors (Lipinski definition) is 0. The number of pyridine rings is 1. The van der Waals surface area contributed by atoms with Gasteiger partial charge >= 0.3 is 0 Å². The minimum absolute atomic E-state index is 0.124. The predicted octanol–water partition coefficient (Wildman–Crippen LogP) is 3.39. The first-order chi connectivity index (χ1) is 15.1. The molecule has 31 heavy (non-hydrogen) atoms. The summed E-state index contributed by atoms with van der Waals surface area (Å²) in [6.45, 7) is 3.56. The van der Waals surface area contributed by atoms with Crippen LogP contribution in [0.1, 0.15) is 26.6 Å². The van der Waals surface area contributed by atoms with Crippen molar-refractivity contribution in [3.63, 3.8) is 0 Å². The van der Waals surface area contributed by atoms with E-state index in [1.165, 1.54) is 6.26 Å². The van der Waals surface area contributed by atoms with E-state index in [-0.39, 0.29) is 11.8 Å². The molecule has 1 aliphatic rings. The highest BCUT2D eigenvalue weighted by Gasteiger charge is 2.29. The van der Waals surface area contributed by atoms with Crippen molar-refractivity contribution in [1.29, 1.82) is 0 Å². The SMILES string of the molecule is Cc1cc(C(=O)N2CCN(C(=O)c3ccco3)CC2)c2c(-c3ccccc3)noc2n1. The van der Waals surface area contributed by atoms with E-state index in [2.05, 4.69) is 10.1 Å². The van der Waals surface area contributed by atoms with E-state index in [0.717, 1.165) is 5.56 Å². The van der Waals surface area contributed by atoms with Crippen LogP contribution in [0.2, 0.25) is 0 Å². The highest BCUT2D eigenvalue weighted by Crippen LogP contribution is 2.31. The Morgan fingerprint density at radius 2 is 1.65 bits per heavy atom. The molecule has 8 nitrogen and oxygen atoms in total. The van der Waals surface area contributed by atoms with E-state index in [9.17, 15) is 9.59 Å². The number of fused-ring (bicyclic) bond motifs is 1. The number of benzene rings is 1. The van der Waals surface area contributed by atoms with Crippen molar-refractivity contribution in [1.82, 2.24) is 19.9 Å². The zero-order valence-electron chi connectivity index (χ0n) is 16.9.